The Bertz CT molecular complexity index is 1130. The number of carboxylic acids is 1. The largest absolute Gasteiger partial charge is 0.481 e. The summed E-state index contributed by atoms with van der Waals surface area (Å²) < 4.78 is 1.03. The summed E-state index contributed by atoms with van der Waals surface area (Å²) in [5, 5.41) is 10.8. The van der Waals surface area contributed by atoms with Crippen LogP contribution in [0.4, 0.5) is 0 Å². The molecule has 0 spiro atoms. The third kappa shape index (κ3) is 3.72. The molecule has 5 rings (SSSR count). The van der Waals surface area contributed by atoms with Gasteiger partial charge in [0.15, 0.2) is 0 Å². The van der Waals surface area contributed by atoms with E-state index in [0.29, 0.717) is 6.54 Å². The minimum Gasteiger partial charge on any atom is -0.481 e. The van der Waals surface area contributed by atoms with Crippen molar-refractivity contribution in [1.82, 2.24) is 4.90 Å². The van der Waals surface area contributed by atoms with Gasteiger partial charge in [-0.3, -0.25) is 9.69 Å². The maximum absolute atomic E-state index is 13.1. The molecule has 0 aromatic heterocycles. The van der Waals surface area contributed by atoms with Crippen LogP contribution in [0.5, 0.6) is 0 Å². The topological polar surface area (TPSA) is 40.5 Å². The minimum absolute atomic E-state index is 0.0498. The Morgan fingerprint density at radius 1 is 0.938 bits per heavy atom. The van der Waals surface area contributed by atoms with Crippen molar-refractivity contribution in [2.24, 2.45) is 11.3 Å². The summed E-state index contributed by atoms with van der Waals surface area (Å²) in [6.45, 7) is 2.06. The maximum Gasteiger partial charge on any atom is 0.312 e. The molecule has 2 aliphatic rings. The number of hydrogen-bond donors (Lipinski definition) is 1. The van der Waals surface area contributed by atoms with Crippen molar-refractivity contribution in [2.45, 2.75) is 18.9 Å². The van der Waals surface area contributed by atoms with Crippen molar-refractivity contribution in [3.05, 3.63) is 112 Å². The zero-order valence-corrected chi connectivity index (χ0v) is 19.4. The molecule has 0 bridgehead atoms. The van der Waals surface area contributed by atoms with E-state index in [2.05, 4.69) is 63.3 Å². The van der Waals surface area contributed by atoms with Crippen molar-refractivity contribution in [3.8, 4) is 0 Å². The summed E-state index contributed by atoms with van der Waals surface area (Å²) in [4.78, 5) is 15.4. The number of allylic oxidation sites excluding steroid dienone is 1. The Morgan fingerprint density at radius 2 is 1.59 bits per heavy atom. The van der Waals surface area contributed by atoms with E-state index < -0.39 is 11.4 Å². The normalized spacial score (nSPS) is 25.2. The average molecular weight is 488 g/mol. The molecule has 1 aliphatic carbocycles. The van der Waals surface area contributed by atoms with E-state index in [1.54, 1.807) is 0 Å². The van der Waals surface area contributed by atoms with E-state index >= 15 is 0 Å². The minimum atomic E-state index is -0.854. The SMILES string of the molecule is O=C(O)C12CN(Cc3ccccc3)CC1C(c1ccc(Br)cc1)=CCC2c1ccccc1. The van der Waals surface area contributed by atoms with Gasteiger partial charge in [0.05, 0.1) is 5.41 Å². The molecule has 4 heteroatoms. The third-order valence-electron chi connectivity index (χ3n) is 7.15. The fraction of sp³-hybridized carbons (Fsp3) is 0.250. The van der Waals surface area contributed by atoms with Crippen LogP contribution in [-0.4, -0.2) is 29.1 Å². The summed E-state index contributed by atoms with van der Waals surface area (Å²) in [5.74, 6) is -0.801. The highest BCUT2D eigenvalue weighted by molar-refractivity contribution is 9.10. The first-order valence-electron chi connectivity index (χ1n) is 11.1. The highest BCUT2D eigenvalue weighted by Gasteiger charge is 2.59. The van der Waals surface area contributed by atoms with Crippen molar-refractivity contribution >= 4 is 27.5 Å². The van der Waals surface area contributed by atoms with Crippen LogP contribution in [0, 0.1) is 11.3 Å². The molecule has 32 heavy (non-hydrogen) atoms. The van der Waals surface area contributed by atoms with Crippen LogP contribution in [0.2, 0.25) is 0 Å². The number of benzene rings is 3. The molecule has 162 valence electrons. The van der Waals surface area contributed by atoms with Crippen molar-refractivity contribution in [1.29, 1.82) is 0 Å². The summed E-state index contributed by atoms with van der Waals surface area (Å²) in [7, 11) is 0. The second-order valence-electron chi connectivity index (χ2n) is 8.92. The maximum atomic E-state index is 13.1. The van der Waals surface area contributed by atoms with Gasteiger partial charge in [0, 0.05) is 35.9 Å². The van der Waals surface area contributed by atoms with Crippen LogP contribution in [0.1, 0.15) is 29.0 Å². The van der Waals surface area contributed by atoms with E-state index in [4.69, 9.17) is 0 Å². The molecule has 0 saturated carbocycles. The molecule has 1 saturated heterocycles. The lowest BCUT2D eigenvalue weighted by atomic mass is 9.59. The van der Waals surface area contributed by atoms with E-state index in [9.17, 15) is 9.90 Å². The first-order valence-corrected chi connectivity index (χ1v) is 11.9. The van der Waals surface area contributed by atoms with Crippen molar-refractivity contribution < 1.29 is 9.90 Å². The van der Waals surface area contributed by atoms with Gasteiger partial charge in [0.1, 0.15) is 0 Å². The van der Waals surface area contributed by atoms with Crippen molar-refractivity contribution in [3.63, 3.8) is 0 Å². The van der Waals surface area contributed by atoms with E-state index in [-0.39, 0.29) is 11.8 Å². The summed E-state index contributed by atoms with van der Waals surface area (Å²) in [6.07, 6.45) is 3.02. The number of hydrogen-bond acceptors (Lipinski definition) is 2. The predicted molar refractivity (Wildman–Crippen MR) is 131 cm³/mol. The van der Waals surface area contributed by atoms with Gasteiger partial charge >= 0.3 is 5.97 Å². The van der Waals surface area contributed by atoms with Crippen LogP contribution < -0.4 is 0 Å². The lowest BCUT2D eigenvalue weighted by molar-refractivity contribution is -0.151. The molecule has 3 nitrogen and oxygen atoms in total. The molecule has 0 amide bonds. The molecule has 1 aliphatic heterocycles. The summed E-state index contributed by atoms with van der Waals surface area (Å²) >= 11 is 3.52. The Morgan fingerprint density at radius 3 is 2.25 bits per heavy atom. The molecule has 3 aromatic carbocycles. The van der Waals surface area contributed by atoms with Gasteiger partial charge in [-0.05, 0) is 40.8 Å². The van der Waals surface area contributed by atoms with Gasteiger partial charge in [0.25, 0.3) is 0 Å². The molecule has 1 heterocycles. The zero-order chi connectivity index (χ0) is 22.1. The third-order valence-corrected chi connectivity index (χ3v) is 7.67. The standard InChI is InChI=1S/C28H26BrNO2/c29-23-13-11-21(12-14-23)24-15-16-25(22-9-5-2-6-10-22)28(27(31)32)19-30(18-26(24)28)17-20-7-3-1-4-8-20/h1-15,25-26H,16-19H2,(H,31,32). The lowest BCUT2D eigenvalue weighted by Gasteiger charge is -2.42. The highest BCUT2D eigenvalue weighted by atomic mass is 79.9. The second kappa shape index (κ2) is 8.68. The second-order valence-corrected chi connectivity index (χ2v) is 9.83. The van der Waals surface area contributed by atoms with E-state index in [1.165, 1.54) is 11.1 Å². The number of carboxylic acid groups (broad SMARTS) is 1. The zero-order valence-electron chi connectivity index (χ0n) is 17.8. The molecular weight excluding hydrogens is 462 g/mol. The molecule has 0 radical (unpaired) electrons. The van der Waals surface area contributed by atoms with E-state index in [1.807, 2.05) is 48.5 Å². The van der Waals surface area contributed by atoms with Gasteiger partial charge in [-0.15, -0.1) is 0 Å². The smallest absolute Gasteiger partial charge is 0.312 e. The summed E-state index contributed by atoms with van der Waals surface area (Å²) in [6, 6.07) is 28.8. The number of carbonyl (C=O) groups is 1. The Kier molecular flexibility index (Phi) is 5.75. The van der Waals surface area contributed by atoms with Crippen LogP contribution in [0.25, 0.3) is 5.57 Å². The molecular formula is C28H26BrNO2. The van der Waals surface area contributed by atoms with Crippen molar-refractivity contribution in [2.75, 3.05) is 13.1 Å². The van der Waals surface area contributed by atoms with E-state index in [0.717, 1.165) is 35.1 Å². The number of aliphatic carboxylic acids is 1. The number of nitrogens with zero attached hydrogens (tertiary/aromatic N) is 1. The number of halogens is 1. The predicted octanol–water partition coefficient (Wildman–Crippen LogP) is 6.22. The van der Waals surface area contributed by atoms with Gasteiger partial charge in [0.2, 0.25) is 0 Å². The van der Waals surface area contributed by atoms with Crippen LogP contribution in [-0.2, 0) is 11.3 Å². The van der Waals surface area contributed by atoms with Crippen LogP contribution in [0.15, 0.2) is 95.5 Å². The molecule has 1 fully saturated rings. The Hall–Kier alpha value is -2.69. The first kappa shape index (κ1) is 21.2. The Labute approximate surface area is 197 Å². The number of rotatable bonds is 5. The van der Waals surface area contributed by atoms with Crippen LogP contribution in [0.3, 0.4) is 0 Å². The molecule has 1 N–H and O–H groups in total. The lowest BCUT2D eigenvalue weighted by Crippen LogP contribution is -2.46. The number of likely N-dealkylation sites (tertiary alicyclic amines) is 1. The monoisotopic (exact) mass is 487 g/mol. The van der Waals surface area contributed by atoms with Gasteiger partial charge in [-0.25, -0.2) is 0 Å². The van der Waals surface area contributed by atoms with Gasteiger partial charge < -0.3 is 5.11 Å². The average Bonchev–Trinajstić information content (AvgIpc) is 3.21. The van der Waals surface area contributed by atoms with Gasteiger partial charge in [-0.2, -0.15) is 0 Å². The van der Waals surface area contributed by atoms with Gasteiger partial charge in [-0.1, -0.05) is 94.8 Å². The fourth-order valence-electron chi connectivity index (χ4n) is 5.70. The quantitative estimate of drug-likeness (QED) is 0.464. The highest BCUT2D eigenvalue weighted by Crippen LogP contribution is 2.57. The fourth-order valence-corrected chi connectivity index (χ4v) is 5.96. The molecule has 3 atom stereocenters. The molecule has 3 aromatic rings. The number of fused-ring (bicyclic) bond motifs is 1. The first-order chi connectivity index (χ1) is 15.6. The Balaban J connectivity index is 1.59. The summed E-state index contributed by atoms with van der Waals surface area (Å²) in [5.41, 5.74) is 3.78. The van der Waals surface area contributed by atoms with Crippen LogP contribution >= 0.6 is 15.9 Å². The molecule has 3 unspecified atom stereocenters.